The van der Waals surface area contributed by atoms with Gasteiger partial charge in [0.25, 0.3) is 0 Å². The Morgan fingerprint density at radius 3 is 2.74 bits per heavy atom. The highest BCUT2D eigenvalue weighted by Crippen LogP contribution is 2.66. The van der Waals surface area contributed by atoms with Crippen molar-refractivity contribution in [3.8, 4) is 11.5 Å². The third-order valence-corrected chi connectivity index (χ3v) is 9.31. The molecule has 6 rings (SSSR count). The van der Waals surface area contributed by atoms with Gasteiger partial charge in [0, 0.05) is 31.3 Å². The number of carbonyl (C=O) groups is 1. The summed E-state index contributed by atoms with van der Waals surface area (Å²) >= 11 is 0. The lowest BCUT2D eigenvalue weighted by atomic mass is 9.48. The van der Waals surface area contributed by atoms with Crippen LogP contribution in [0.5, 0.6) is 11.5 Å². The van der Waals surface area contributed by atoms with E-state index in [2.05, 4.69) is 16.3 Å². The zero-order valence-corrected chi connectivity index (χ0v) is 21.7. The molecule has 1 aromatic carbocycles. The maximum absolute atomic E-state index is 12.8. The van der Waals surface area contributed by atoms with Crippen LogP contribution in [-0.4, -0.2) is 71.6 Å². The Hall–Kier alpha value is -1.83. The molecule has 2 bridgehead atoms. The largest absolute Gasteiger partial charge is 0.504 e. The molecule has 1 saturated heterocycles. The number of ether oxygens (including phenoxy) is 3. The zero-order chi connectivity index (χ0) is 24.8. The van der Waals surface area contributed by atoms with E-state index in [9.17, 15) is 9.90 Å². The fourth-order valence-electron chi connectivity index (χ4n) is 7.82. The smallest absolute Gasteiger partial charge is 0.323 e. The molecule has 2 heterocycles. The summed E-state index contributed by atoms with van der Waals surface area (Å²) < 4.78 is 19.0. The monoisotopic (exact) mass is 484 g/mol. The second-order valence-corrected chi connectivity index (χ2v) is 12.5. The molecular weight excluding hydrogens is 444 g/mol. The average Bonchev–Trinajstić information content (AvgIpc) is 3.54. The van der Waals surface area contributed by atoms with Gasteiger partial charge in [-0.25, -0.2) is 0 Å². The lowest BCUT2D eigenvalue weighted by Gasteiger charge is -2.65. The van der Waals surface area contributed by atoms with Crippen LogP contribution in [0.1, 0.15) is 70.9 Å². The fraction of sp³-hybridized carbons (Fsp3) is 0.750. The zero-order valence-electron chi connectivity index (χ0n) is 21.7. The van der Waals surface area contributed by atoms with Gasteiger partial charge < -0.3 is 19.3 Å². The van der Waals surface area contributed by atoms with E-state index >= 15 is 0 Å². The number of carbonyl (C=O) groups excluding carboxylic acids is 1. The average molecular weight is 485 g/mol. The minimum atomic E-state index is -0.532. The Balaban J connectivity index is 1.39. The number of hydrogen-bond donors (Lipinski definition) is 2. The van der Waals surface area contributed by atoms with Gasteiger partial charge in [0.15, 0.2) is 11.5 Å². The summed E-state index contributed by atoms with van der Waals surface area (Å²) in [7, 11) is 1.87. The number of methoxy groups -OCH3 is 1. The molecular formula is C28H40N2O5. The first kappa shape index (κ1) is 23.6. The number of hydrogen-bond acceptors (Lipinski definition) is 7. The summed E-state index contributed by atoms with van der Waals surface area (Å²) in [5.74, 6) is 1.40. The molecule has 7 nitrogen and oxygen atoms in total. The molecule has 5 aliphatic rings. The first-order valence-electron chi connectivity index (χ1n) is 13.4. The standard InChI is InChI=1S/C28H40N2O5/c1-16(25(32)35-26(2,3)4)29-19-10-11-28(33-5)21-14-18-8-9-20(31)23-22(18)27(28,24(19)34-23)12-13-30(21)15-17-6-7-17/h8-9,16-17,19,21,24,29,31H,6-7,10-15H2,1-5H3/t16-,19-,21+,24-,27-,28+/m0/s1. The molecule has 0 unspecified atom stereocenters. The van der Waals surface area contributed by atoms with Crippen LogP contribution in [0.3, 0.4) is 0 Å². The maximum atomic E-state index is 12.8. The predicted molar refractivity (Wildman–Crippen MR) is 132 cm³/mol. The Morgan fingerprint density at radius 2 is 2.06 bits per heavy atom. The Morgan fingerprint density at radius 1 is 1.29 bits per heavy atom. The number of phenolic OH excluding ortho intramolecular Hbond substituents is 1. The van der Waals surface area contributed by atoms with Crippen LogP contribution < -0.4 is 10.1 Å². The SMILES string of the molecule is CO[C@@]12CC[C@H](N[C@@H](C)C(=O)OC(C)(C)C)[C@@H]3Oc4c(O)ccc5c4[C@@]31CCN(CC1CC1)[C@@H]2C5. The van der Waals surface area contributed by atoms with Crippen molar-refractivity contribution < 1.29 is 24.1 Å². The van der Waals surface area contributed by atoms with Crippen LogP contribution >= 0.6 is 0 Å². The van der Waals surface area contributed by atoms with Crippen LogP contribution in [0, 0.1) is 5.92 Å². The highest BCUT2D eigenvalue weighted by molar-refractivity contribution is 5.75. The van der Waals surface area contributed by atoms with Crippen LogP contribution in [0.2, 0.25) is 0 Å². The molecule has 1 spiro atoms. The van der Waals surface area contributed by atoms with E-state index in [4.69, 9.17) is 14.2 Å². The number of likely N-dealkylation sites (tertiary alicyclic amines) is 1. The number of phenols is 1. The number of nitrogens with one attached hydrogen (secondary N) is 1. The van der Waals surface area contributed by atoms with Gasteiger partial charge in [-0.3, -0.25) is 15.0 Å². The van der Waals surface area contributed by atoms with Gasteiger partial charge in [-0.1, -0.05) is 6.07 Å². The number of piperidine rings is 1. The van der Waals surface area contributed by atoms with Gasteiger partial charge in [-0.15, -0.1) is 0 Å². The van der Waals surface area contributed by atoms with E-state index in [1.807, 2.05) is 34.8 Å². The van der Waals surface area contributed by atoms with E-state index in [1.165, 1.54) is 18.4 Å². The van der Waals surface area contributed by atoms with Crippen LogP contribution in [-0.2, 0) is 26.1 Å². The highest BCUT2D eigenvalue weighted by atomic mass is 16.6. The van der Waals surface area contributed by atoms with Crippen molar-refractivity contribution in [3.63, 3.8) is 0 Å². The lowest BCUT2D eigenvalue weighted by molar-refractivity contribution is -0.208. The normalized spacial score (nSPS) is 36.3. The van der Waals surface area contributed by atoms with Gasteiger partial charge in [-0.05, 0) is 90.3 Å². The van der Waals surface area contributed by atoms with Crippen LogP contribution in [0.4, 0.5) is 0 Å². The molecule has 0 aromatic heterocycles. The molecule has 0 amide bonds. The van der Waals surface area contributed by atoms with Crippen LogP contribution in [0.15, 0.2) is 12.1 Å². The summed E-state index contributed by atoms with van der Waals surface area (Å²) in [5.41, 5.74) is 1.18. The third-order valence-electron chi connectivity index (χ3n) is 9.31. The van der Waals surface area contributed by atoms with Gasteiger partial charge in [0.1, 0.15) is 17.7 Å². The summed E-state index contributed by atoms with van der Waals surface area (Å²) in [4.78, 5) is 15.5. The van der Waals surface area contributed by atoms with E-state index in [0.717, 1.165) is 50.3 Å². The second-order valence-electron chi connectivity index (χ2n) is 12.5. The summed E-state index contributed by atoms with van der Waals surface area (Å²) in [6.07, 6.45) is 6.04. The Labute approximate surface area is 208 Å². The number of nitrogens with zero attached hydrogens (tertiary/aromatic N) is 1. The van der Waals surface area contributed by atoms with Gasteiger partial charge >= 0.3 is 5.97 Å². The third kappa shape index (κ3) is 3.37. The number of esters is 1. The van der Waals surface area contributed by atoms with Gasteiger partial charge in [0.05, 0.1) is 11.0 Å². The highest BCUT2D eigenvalue weighted by Gasteiger charge is 2.73. The Bertz CT molecular complexity index is 1030. The quantitative estimate of drug-likeness (QED) is 0.600. The van der Waals surface area contributed by atoms with Crippen molar-refractivity contribution in [2.24, 2.45) is 5.92 Å². The minimum absolute atomic E-state index is 0.0471. The topological polar surface area (TPSA) is 80.3 Å². The number of benzene rings is 1. The van der Waals surface area contributed by atoms with Gasteiger partial charge in [-0.2, -0.15) is 0 Å². The molecule has 2 N–H and O–H groups in total. The van der Waals surface area contributed by atoms with Crippen molar-refractivity contribution in [1.82, 2.24) is 10.2 Å². The molecule has 3 aliphatic carbocycles. The van der Waals surface area contributed by atoms with Crippen molar-refractivity contribution in [2.75, 3.05) is 20.2 Å². The number of rotatable bonds is 6. The Kier molecular flexibility index (Phi) is 5.27. The molecule has 2 aliphatic heterocycles. The maximum Gasteiger partial charge on any atom is 0.323 e. The molecule has 35 heavy (non-hydrogen) atoms. The molecule has 2 saturated carbocycles. The summed E-state index contributed by atoms with van der Waals surface area (Å²) in [5, 5.41) is 14.4. The first-order chi connectivity index (χ1) is 16.6. The van der Waals surface area contributed by atoms with Gasteiger partial charge in [0.2, 0.25) is 0 Å². The molecule has 0 radical (unpaired) electrons. The molecule has 7 heteroatoms. The number of aromatic hydroxyl groups is 1. The predicted octanol–water partition coefficient (Wildman–Crippen LogP) is 3.30. The minimum Gasteiger partial charge on any atom is -0.504 e. The fourth-order valence-corrected chi connectivity index (χ4v) is 7.82. The summed E-state index contributed by atoms with van der Waals surface area (Å²) in [6.45, 7) is 9.70. The molecule has 6 atom stereocenters. The van der Waals surface area contributed by atoms with Crippen molar-refractivity contribution in [2.45, 2.75) is 107 Å². The van der Waals surface area contributed by atoms with E-state index < -0.39 is 11.6 Å². The van der Waals surface area contributed by atoms with E-state index in [0.29, 0.717) is 11.8 Å². The molecule has 1 aromatic rings. The molecule has 3 fully saturated rings. The second kappa shape index (κ2) is 7.83. The van der Waals surface area contributed by atoms with Crippen molar-refractivity contribution in [3.05, 3.63) is 23.3 Å². The van der Waals surface area contributed by atoms with Crippen LogP contribution in [0.25, 0.3) is 0 Å². The van der Waals surface area contributed by atoms with Crippen molar-refractivity contribution in [1.29, 1.82) is 0 Å². The van der Waals surface area contributed by atoms with E-state index in [1.54, 1.807) is 6.07 Å². The summed E-state index contributed by atoms with van der Waals surface area (Å²) in [6, 6.07) is 3.67. The first-order valence-corrected chi connectivity index (χ1v) is 13.4. The molecule has 192 valence electrons. The lowest BCUT2D eigenvalue weighted by Crippen LogP contribution is -2.79. The van der Waals surface area contributed by atoms with E-state index in [-0.39, 0.29) is 34.9 Å². The van der Waals surface area contributed by atoms with Crippen molar-refractivity contribution >= 4 is 5.97 Å².